The standard InChI is InChI=1S/C27H38FNO4/c1-3-32-27(31)15-12-22-7-4-5-9-26(22)20(2)33-19-25(30)18-29-16-6-8-24(29)17-21-10-13-23(28)14-11-21/h4-5,7,9-11,13,20,23-25,30H,3,6,8,12,14-19H2,1-2H3/t20-,23?,24+,25-/m1/s1. The molecule has 182 valence electrons. The van der Waals surface area contributed by atoms with Crippen molar-refractivity contribution in [3.05, 3.63) is 59.2 Å². The van der Waals surface area contributed by atoms with Crippen LogP contribution in [0.15, 0.2) is 48.1 Å². The van der Waals surface area contributed by atoms with Crippen molar-refractivity contribution in [3.63, 3.8) is 0 Å². The maximum atomic E-state index is 13.3. The number of carbonyl (C=O) groups excluding carboxylic acids is 1. The van der Waals surface area contributed by atoms with Crippen molar-refractivity contribution in [1.29, 1.82) is 0 Å². The number of alkyl halides is 1. The van der Waals surface area contributed by atoms with E-state index < -0.39 is 12.3 Å². The summed E-state index contributed by atoms with van der Waals surface area (Å²) in [5, 5.41) is 10.7. The van der Waals surface area contributed by atoms with E-state index in [-0.39, 0.29) is 18.7 Å². The molecule has 0 aromatic heterocycles. The second kappa shape index (κ2) is 13.0. The zero-order valence-corrected chi connectivity index (χ0v) is 19.9. The Kier molecular flexibility index (Phi) is 10.1. The van der Waals surface area contributed by atoms with Crippen molar-refractivity contribution < 1.29 is 23.8 Å². The Balaban J connectivity index is 1.47. The minimum atomic E-state index is -0.857. The number of benzene rings is 1. The highest BCUT2D eigenvalue weighted by Gasteiger charge is 2.27. The number of β-amino-alcohol motifs (C(OH)–C–C–N with tert-alkyl or cyclic N) is 1. The smallest absolute Gasteiger partial charge is 0.306 e. The van der Waals surface area contributed by atoms with Gasteiger partial charge in [0.1, 0.15) is 6.17 Å². The first-order chi connectivity index (χ1) is 16.0. The molecule has 2 aliphatic rings. The lowest BCUT2D eigenvalue weighted by Gasteiger charge is -2.28. The number of allylic oxidation sites excluding steroid dienone is 3. The van der Waals surface area contributed by atoms with Crippen LogP contribution in [-0.2, 0) is 20.7 Å². The van der Waals surface area contributed by atoms with Crippen LogP contribution in [0.5, 0.6) is 0 Å². The summed E-state index contributed by atoms with van der Waals surface area (Å²) in [6.07, 6.45) is 8.47. The van der Waals surface area contributed by atoms with E-state index in [1.54, 1.807) is 6.08 Å². The first-order valence-electron chi connectivity index (χ1n) is 12.2. The lowest BCUT2D eigenvalue weighted by Crippen LogP contribution is -2.38. The third-order valence-electron chi connectivity index (χ3n) is 6.48. The third-order valence-corrected chi connectivity index (χ3v) is 6.48. The summed E-state index contributed by atoms with van der Waals surface area (Å²) in [5.74, 6) is -0.194. The Morgan fingerprint density at radius 1 is 1.33 bits per heavy atom. The maximum absolute atomic E-state index is 13.3. The fraction of sp³-hybridized carbons (Fsp3) is 0.593. The number of likely N-dealkylation sites (tertiary alicyclic amines) is 1. The van der Waals surface area contributed by atoms with E-state index in [1.165, 1.54) is 5.57 Å². The van der Waals surface area contributed by atoms with Crippen molar-refractivity contribution in [2.24, 2.45) is 0 Å². The molecule has 1 aliphatic heterocycles. The van der Waals surface area contributed by atoms with E-state index >= 15 is 0 Å². The van der Waals surface area contributed by atoms with Crippen LogP contribution < -0.4 is 0 Å². The van der Waals surface area contributed by atoms with Crippen LogP contribution in [0, 0.1) is 0 Å². The second-order valence-corrected chi connectivity index (χ2v) is 9.02. The summed E-state index contributed by atoms with van der Waals surface area (Å²) in [6, 6.07) is 8.34. The highest BCUT2D eigenvalue weighted by atomic mass is 19.1. The lowest BCUT2D eigenvalue weighted by molar-refractivity contribution is -0.143. The second-order valence-electron chi connectivity index (χ2n) is 9.02. The van der Waals surface area contributed by atoms with Gasteiger partial charge in [-0.1, -0.05) is 48.1 Å². The Morgan fingerprint density at radius 3 is 2.91 bits per heavy atom. The van der Waals surface area contributed by atoms with Gasteiger partial charge in [0.15, 0.2) is 0 Å². The molecule has 3 rings (SSSR count). The number of ether oxygens (including phenoxy) is 2. The van der Waals surface area contributed by atoms with E-state index in [9.17, 15) is 14.3 Å². The predicted molar refractivity (Wildman–Crippen MR) is 128 cm³/mol. The van der Waals surface area contributed by atoms with Crippen molar-refractivity contribution in [2.75, 3.05) is 26.3 Å². The lowest BCUT2D eigenvalue weighted by atomic mass is 9.98. The van der Waals surface area contributed by atoms with Crippen LogP contribution >= 0.6 is 0 Å². The van der Waals surface area contributed by atoms with Gasteiger partial charge in [-0.25, -0.2) is 4.39 Å². The number of aryl methyl sites for hydroxylation is 1. The molecule has 1 aromatic rings. The van der Waals surface area contributed by atoms with Gasteiger partial charge in [0, 0.05) is 25.4 Å². The molecule has 1 N–H and O–H groups in total. The van der Waals surface area contributed by atoms with Gasteiger partial charge in [0.2, 0.25) is 0 Å². The van der Waals surface area contributed by atoms with Crippen molar-refractivity contribution >= 4 is 5.97 Å². The number of halogens is 1. The molecule has 0 radical (unpaired) electrons. The predicted octanol–water partition coefficient (Wildman–Crippen LogP) is 4.70. The summed E-state index contributed by atoms with van der Waals surface area (Å²) in [7, 11) is 0. The summed E-state index contributed by atoms with van der Waals surface area (Å²) >= 11 is 0. The normalized spacial score (nSPS) is 22.7. The molecule has 0 bridgehead atoms. The highest BCUT2D eigenvalue weighted by Crippen LogP contribution is 2.27. The minimum Gasteiger partial charge on any atom is -0.466 e. The fourth-order valence-corrected chi connectivity index (χ4v) is 4.73. The van der Waals surface area contributed by atoms with Gasteiger partial charge in [0.25, 0.3) is 0 Å². The van der Waals surface area contributed by atoms with Gasteiger partial charge in [-0.3, -0.25) is 9.69 Å². The van der Waals surface area contributed by atoms with E-state index in [4.69, 9.17) is 9.47 Å². The van der Waals surface area contributed by atoms with Gasteiger partial charge in [-0.2, -0.15) is 0 Å². The van der Waals surface area contributed by atoms with Gasteiger partial charge in [-0.05, 0) is 57.2 Å². The summed E-state index contributed by atoms with van der Waals surface area (Å²) in [4.78, 5) is 14.1. The largest absolute Gasteiger partial charge is 0.466 e. The summed E-state index contributed by atoms with van der Waals surface area (Å²) in [6.45, 7) is 5.98. The van der Waals surface area contributed by atoms with E-state index in [0.717, 1.165) is 36.9 Å². The molecular formula is C27H38FNO4. The average Bonchev–Trinajstić information content (AvgIpc) is 3.24. The van der Waals surface area contributed by atoms with E-state index in [1.807, 2.05) is 50.3 Å². The van der Waals surface area contributed by atoms with Crippen molar-refractivity contribution in [1.82, 2.24) is 4.90 Å². The number of carbonyl (C=O) groups is 1. The Morgan fingerprint density at radius 2 is 2.15 bits per heavy atom. The van der Waals surface area contributed by atoms with Crippen LogP contribution in [-0.4, -0.2) is 60.6 Å². The SMILES string of the molecule is CCOC(=O)CCc1ccccc1[C@@H](C)OC[C@H](O)CN1CCC[C@H]1CC1=CCC(F)C=C1. The number of esters is 1. The Labute approximate surface area is 197 Å². The Hall–Kier alpha value is -2.02. The number of aliphatic hydroxyl groups excluding tert-OH is 1. The van der Waals surface area contributed by atoms with Crippen LogP contribution in [0.2, 0.25) is 0 Å². The molecule has 0 spiro atoms. The van der Waals surface area contributed by atoms with Gasteiger partial charge in [-0.15, -0.1) is 0 Å². The zero-order valence-electron chi connectivity index (χ0n) is 19.9. The highest BCUT2D eigenvalue weighted by molar-refractivity contribution is 5.69. The van der Waals surface area contributed by atoms with E-state index in [0.29, 0.717) is 38.5 Å². The van der Waals surface area contributed by atoms with Crippen LogP contribution in [0.25, 0.3) is 0 Å². The Bertz CT molecular complexity index is 824. The average molecular weight is 460 g/mol. The molecule has 33 heavy (non-hydrogen) atoms. The molecule has 1 unspecified atom stereocenters. The van der Waals surface area contributed by atoms with Crippen LogP contribution in [0.4, 0.5) is 4.39 Å². The molecule has 0 amide bonds. The van der Waals surface area contributed by atoms with Crippen LogP contribution in [0.3, 0.4) is 0 Å². The van der Waals surface area contributed by atoms with E-state index in [2.05, 4.69) is 4.90 Å². The molecule has 1 heterocycles. The molecule has 1 saturated heterocycles. The fourth-order valence-electron chi connectivity index (χ4n) is 4.73. The number of hydrogen-bond acceptors (Lipinski definition) is 5. The monoisotopic (exact) mass is 459 g/mol. The maximum Gasteiger partial charge on any atom is 0.306 e. The van der Waals surface area contributed by atoms with Crippen molar-refractivity contribution in [3.8, 4) is 0 Å². The molecule has 4 atom stereocenters. The summed E-state index contributed by atoms with van der Waals surface area (Å²) < 4.78 is 24.4. The molecule has 5 nitrogen and oxygen atoms in total. The molecule has 1 aliphatic carbocycles. The van der Waals surface area contributed by atoms with Gasteiger partial charge < -0.3 is 14.6 Å². The molecular weight excluding hydrogens is 421 g/mol. The zero-order chi connectivity index (χ0) is 23.6. The first kappa shape index (κ1) is 25.6. The van der Waals surface area contributed by atoms with Gasteiger partial charge >= 0.3 is 5.97 Å². The van der Waals surface area contributed by atoms with Crippen LogP contribution in [0.1, 0.15) is 63.2 Å². The van der Waals surface area contributed by atoms with Crippen molar-refractivity contribution in [2.45, 2.75) is 76.8 Å². The number of hydrogen-bond donors (Lipinski definition) is 1. The number of rotatable bonds is 12. The summed E-state index contributed by atoms with van der Waals surface area (Å²) in [5.41, 5.74) is 3.30. The van der Waals surface area contributed by atoms with Gasteiger partial charge in [0.05, 0.1) is 25.4 Å². The first-order valence-corrected chi connectivity index (χ1v) is 12.2. The molecule has 1 fully saturated rings. The molecule has 1 aromatic carbocycles. The molecule has 6 heteroatoms. The molecule has 0 saturated carbocycles. The topological polar surface area (TPSA) is 59.0 Å². The minimum absolute atomic E-state index is 0.182. The number of aliphatic hydroxyl groups is 1. The quantitative estimate of drug-likeness (QED) is 0.459. The number of nitrogens with zero attached hydrogens (tertiary/aromatic N) is 1. The third kappa shape index (κ3) is 8.05.